The molecule has 3 N–H and O–H groups in total. The van der Waals surface area contributed by atoms with Crippen molar-refractivity contribution in [2.45, 2.75) is 0 Å². The standard InChI is InChI=1S/C11H8N2O/c12-11(14)6-5-8-7-13-10-4-2-1-3-9(8)10/h1-4,7,13H,(H2,12,14). The number of benzene rings is 1. The largest absolute Gasteiger partial charge is 0.360 e. The topological polar surface area (TPSA) is 58.9 Å². The average Bonchev–Trinajstić information content (AvgIpc) is 2.58. The van der Waals surface area contributed by atoms with Crippen molar-refractivity contribution < 1.29 is 4.79 Å². The Bertz CT molecular complexity index is 543. The van der Waals surface area contributed by atoms with Gasteiger partial charge in [0.25, 0.3) is 5.91 Å². The van der Waals surface area contributed by atoms with Crippen LogP contribution in [-0.4, -0.2) is 10.9 Å². The predicted molar refractivity (Wildman–Crippen MR) is 54.4 cm³/mol. The van der Waals surface area contributed by atoms with Gasteiger partial charge in [0, 0.05) is 23.0 Å². The molecule has 0 aliphatic rings. The molecule has 1 aromatic carbocycles. The van der Waals surface area contributed by atoms with Crippen LogP contribution in [0.15, 0.2) is 30.5 Å². The van der Waals surface area contributed by atoms with E-state index in [0.717, 1.165) is 16.5 Å². The number of aromatic nitrogens is 1. The van der Waals surface area contributed by atoms with Gasteiger partial charge in [-0.25, -0.2) is 0 Å². The fourth-order valence-corrected chi connectivity index (χ4v) is 1.30. The molecule has 0 radical (unpaired) electrons. The molecule has 2 aromatic rings. The number of para-hydroxylation sites is 1. The second-order valence-electron chi connectivity index (χ2n) is 2.86. The highest BCUT2D eigenvalue weighted by molar-refractivity contribution is 5.94. The lowest BCUT2D eigenvalue weighted by Crippen LogP contribution is -2.06. The molecule has 14 heavy (non-hydrogen) atoms. The Morgan fingerprint density at radius 2 is 2.14 bits per heavy atom. The lowest BCUT2D eigenvalue weighted by atomic mass is 10.2. The van der Waals surface area contributed by atoms with Crippen LogP contribution in [0, 0.1) is 11.8 Å². The molecular weight excluding hydrogens is 176 g/mol. The third kappa shape index (κ3) is 1.46. The summed E-state index contributed by atoms with van der Waals surface area (Å²) in [4.78, 5) is 13.5. The number of hydrogen-bond donors (Lipinski definition) is 2. The van der Waals surface area contributed by atoms with Crippen molar-refractivity contribution in [3.8, 4) is 11.8 Å². The normalized spacial score (nSPS) is 9.43. The molecule has 0 aliphatic heterocycles. The zero-order chi connectivity index (χ0) is 9.97. The van der Waals surface area contributed by atoms with Gasteiger partial charge in [-0.05, 0) is 6.07 Å². The van der Waals surface area contributed by atoms with Gasteiger partial charge in [-0.15, -0.1) is 0 Å². The summed E-state index contributed by atoms with van der Waals surface area (Å²) in [6, 6.07) is 7.75. The Balaban J connectivity index is 2.55. The van der Waals surface area contributed by atoms with E-state index in [1.807, 2.05) is 24.3 Å². The van der Waals surface area contributed by atoms with E-state index in [9.17, 15) is 4.79 Å². The van der Waals surface area contributed by atoms with E-state index in [4.69, 9.17) is 5.73 Å². The number of fused-ring (bicyclic) bond motifs is 1. The van der Waals surface area contributed by atoms with E-state index >= 15 is 0 Å². The van der Waals surface area contributed by atoms with Crippen LogP contribution in [0.3, 0.4) is 0 Å². The summed E-state index contributed by atoms with van der Waals surface area (Å²) in [7, 11) is 0. The minimum atomic E-state index is -0.615. The van der Waals surface area contributed by atoms with Crippen LogP contribution >= 0.6 is 0 Å². The van der Waals surface area contributed by atoms with Crippen molar-refractivity contribution in [1.29, 1.82) is 0 Å². The van der Waals surface area contributed by atoms with Crippen molar-refractivity contribution in [3.05, 3.63) is 36.0 Å². The van der Waals surface area contributed by atoms with Crippen LogP contribution in [0.25, 0.3) is 10.9 Å². The molecule has 0 unspecified atom stereocenters. The summed E-state index contributed by atoms with van der Waals surface area (Å²) in [5.74, 6) is 4.40. The van der Waals surface area contributed by atoms with Crippen LogP contribution in [0.1, 0.15) is 5.56 Å². The molecule has 1 amide bonds. The van der Waals surface area contributed by atoms with Gasteiger partial charge in [0.2, 0.25) is 0 Å². The van der Waals surface area contributed by atoms with Crippen LogP contribution in [0.4, 0.5) is 0 Å². The van der Waals surface area contributed by atoms with Crippen LogP contribution in [0.5, 0.6) is 0 Å². The quantitative estimate of drug-likeness (QED) is 0.590. The molecule has 1 heterocycles. The maximum absolute atomic E-state index is 10.5. The summed E-state index contributed by atoms with van der Waals surface area (Å²) in [6.45, 7) is 0. The fourth-order valence-electron chi connectivity index (χ4n) is 1.30. The van der Waals surface area contributed by atoms with E-state index < -0.39 is 5.91 Å². The first kappa shape index (κ1) is 8.39. The van der Waals surface area contributed by atoms with Crippen molar-refractivity contribution >= 4 is 16.8 Å². The number of amides is 1. The summed E-state index contributed by atoms with van der Waals surface area (Å²) in [5.41, 5.74) is 6.72. The maximum Gasteiger partial charge on any atom is 0.293 e. The van der Waals surface area contributed by atoms with E-state index in [1.165, 1.54) is 0 Å². The van der Waals surface area contributed by atoms with Crippen molar-refractivity contribution in [3.63, 3.8) is 0 Å². The van der Waals surface area contributed by atoms with Crippen LogP contribution in [0.2, 0.25) is 0 Å². The van der Waals surface area contributed by atoms with Gasteiger partial charge in [-0.1, -0.05) is 24.1 Å². The molecule has 3 nitrogen and oxygen atoms in total. The van der Waals surface area contributed by atoms with Crippen molar-refractivity contribution in [1.82, 2.24) is 4.98 Å². The maximum atomic E-state index is 10.5. The highest BCUT2D eigenvalue weighted by atomic mass is 16.1. The smallest absolute Gasteiger partial charge is 0.293 e. The molecular formula is C11H8N2O. The van der Waals surface area contributed by atoms with Gasteiger partial charge in [0.05, 0.1) is 5.56 Å². The lowest BCUT2D eigenvalue weighted by Gasteiger charge is -1.87. The predicted octanol–water partition coefficient (Wildman–Crippen LogP) is 1.00. The number of rotatable bonds is 0. The van der Waals surface area contributed by atoms with Crippen LogP contribution in [-0.2, 0) is 4.79 Å². The lowest BCUT2D eigenvalue weighted by molar-refractivity contribution is -0.112. The Kier molecular flexibility index (Phi) is 1.96. The fraction of sp³-hybridized carbons (Fsp3) is 0. The number of primary amides is 1. The Morgan fingerprint density at radius 1 is 1.36 bits per heavy atom. The van der Waals surface area contributed by atoms with Gasteiger partial charge >= 0.3 is 0 Å². The summed E-state index contributed by atoms with van der Waals surface area (Å²) in [5, 5.41) is 1.00. The SMILES string of the molecule is NC(=O)C#Cc1c[nH]c2ccccc12. The number of hydrogen-bond acceptors (Lipinski definition) is 1. The first-order valence-electron chi connectivity index (χ1n) is 4.15. The number of carbonyl (C=O) groups excluding carboxylic acids is 1. The highest BCUT2D eigenvalue weighted by Crippen LogP contribution is 2.15. The average molecular weight is 184 g/mol. The monoisotopic (exact) mass is 184 g/mol. The molecule has 0 fully saturated rings. The van der Waals surface area contributed by atoms with E-state index in [2.05, 4.69) is 16.8 Å². The molecule has 1 aromatic heterocycles. The number of nitrogens with two attached hydrogens (primary N) is 1. The first-order chi connectivity index (χ1) is 6.77. The van der Waals surface area contributed by atoms with E-state index in [0.29, 0.717) is 0 Å². The third-order valence-corrected chi connectivity index (χ3v) is 1.91. The van der Waals surface area contributed by atoms with E-state index in [1.54, 1.807) is 6.20 Å². The van der Waals surface area contributed by atoms with Crippen LogP contribution < -0.4 is 5.73 Å². The number of aromatic amines is 1. The van der Waals surface area contributed by atoms with Gasteiger partial charge in [-0.2, -0.15) is 0 Å². The molecule has 0 saturated carbocycles. The molecule has 0 bridgehead atoms. The zero-order valence-corrected chi connectivity index (χ0v) is 7.37. The second kappa shape index (κ2) is 3.27. The second-order valence-corrected chi connectivity index (χ2v) is 2.86. The number of carbonyl (C=O) groups is 1. The molecule has 0 atom stereocenters. The molecule has 0 spiro atoms. The Morgan fingerprint density at radius 3 is 2.93 bits per heavy atom. The van der Waals surface area contributed by atoms with E-state index in [-0.39, 0.29) is 0 Å². The minimum absolute atomic E-state index is 0.615. The summed E-state index contributed by atoms with van der Waals surface area (Å²) in [6.07, 6.45) is 1.76. The number of H-pyrrole nitrogens is 1. The number of nitrogens with one attached hydrogen (secondary N) is 1. The molecule has 0 aliphatic carbocycles. The Labute approximate surface area is 80.9 Å². The molecule has 0 saturated heterocycles. The van der Waals surface area contributed by atoms with Gasteiger partial charge in [0.15, 0.2) is 0 Å². The van der Waals surface area contributed by atoms with Crippen molar-refractivity contribution in [2.24, 2.45) is 5.73 Å². The summed E-state index contributed by atoms with van der Waals surface area (Å²) >= 11 is 0. The highest BCUT2D eigenvalue weighted by Gasteiger charge is 1.98. The van der Waals surface area contributed by atoms with Gasteiger partial charge in [-0.3, -0.25) is 4.79 Å². The third-order valence-electron chi connectivity index (χ3n) is 1.91. The molecule has 2 rings (SSSR count). The molecule has 3 heteroatoms. The summed E-state index contributed by atoms with van der Waals surface area (Å²) < 4.78 is 0. The van der Waals surface area contributed by atoms with Crippen molar-refractivity contribution in [2.75, 3.05) is 0 Å². The zero-order valence-electron chi connectivity index (χ0n) is 7.37. The minimum Gasteiger partial charge on any atom is -0.360 e. The van der Waals surface area contributed by atoms with Gasteiger partial charge in [0.1, 0.15) is 0 Å². The van der Waals surface area contributed by atoms with Gasteiger partial charge < -0.3 is 10.7 Å². The molecule has 68 valence electrons. The Hall–Kier alpha value is -2.21. The first-order valence-corrected chi connectivity index (χ1v) is 4.15.